The summed E-state index contributed by atoms with van der Waals surface area (Å²) in [6, 6.07) is 20.2. The van der Waals surface area contributed by atoms with Crippen molar-refractivity contribution in [3.63, 3.8) is 0 Å². The van der Waals surface area contributed by atoms with E-state index in [1.807, 2.05) is 24.3 Å². The summed E-state index contributed by atoms with van der Waals surface area (Å²) >= 11 is 2.20. The molecular formula is C26H23FINO4. The van der Waals surface area contributed by atoms with Crippen LogP contribution in [-0.2, 0) is 22.4 Å². The number of hydrogen-bond donors (Lipinski definition) is 1. The maximum atomic E-state index is 13.0. The Labute approximate surface area is 205 Å². The van der Waals surface area contributed by atoms with Crippen LogP contribution in [0.5, 0.6) is 5.75 Å². The number of Topliss-reactive ketones (excluding diaryl/α,β-unsaturated/α-hetero) is 2. The van der Waals surface area contributed by atoms with E-state index in [2.05, 4.69) is 27.9 Å². The molecule has 0 radical (unpaired) electrons. The molecule has 0 saturated carbocycles. The summed E-state index contributed by atoms with van der Waals surface area (Å²) in [7, 11) is 0. The minimum absolute atomic E-state index is 0.109. The van der Waals surface area contributed by atoms with Gasteiger partial charge in [0.1, 0.15) is 18.2 Å². The summed E-state index contributed by atoms with van der Waals surface area (Å²) in [6.45, 7) is -0.285. The minimum atomic E-state index is -0.453. The van der Waals surface area contributed by atoms with E-state index >= 15 is 0 Å². The molecule has 0 bridgehead atoms. The van der Waals surface area contributed by atoms with Crippen molar-refractivity contribution in [2.45, 2.75) is 19.3 Å². The van der Waals surface area contributed by atoms with Gasteiger partial charge in [-0.2, -0.15) is 0 Å². The van der Waals surface area contributed by atoms with Crippen molar-refractivity contribution in [2.24, 2.45) is 0 Å². The fourth-order valence-electron chi connectivity index (χ4n) is 3.12. The molecule has 0 fully saturated rings. The van der Waals surface area contributed by atoms with Gasteiger partial charge in [-0.25, -0.2) is 4.39 Å². The highest BCUT2D eigenvalue weighted by Crippen LogP contribution is 2.18. The van der Waals surface area contributed by atoms with Crippen LogP contribution < -0.4 is 10.1 Å². The summed E-state index contributed by atoms with van der Waals surface area (Å²) < 4.78 is 19.7. The number of para-hydroxylation sites is 1. The van der Waals surface area contributed by atoms with Crippen LogP contribution in [0.25, 0.3) is 0 Å². The zero-order valence-corrected chi connectivity index (χ0v) is 20.0. The summed E-state index contributed by atoms with van der Waals surface area (Å²) in [5.74, 6) is -0.744. The van der Waals surface area contributed by atoms with E-state index < -0.39 is 5.91 Å². The molecule has 3 rings (SSSR count). The van der Waals surface area contributed by atoms with Gasteiger partial charge in [-0.3, -0.25) is 14.4 Å². The monoisotopic (exact) mass is 559 g/mol. The Morgan fingerprint density at radius 1 is 0.848 bits per heavy atom. The lowest BCUT2D eigenvalue weighted by atomic mass is 10.1. The second kappa shape index (κ2) is 12.2. The SMILES string of the molecule is O=C(CCc1ccc(F)cc1)CNC(=O)c1ccccc1OCC(=O)Cc1ccc(I)cc1. The number of rotatable bonds is 11. The van der Waals surface area contributed by atoms with Crippen molar-refractivity contribution in [3.05, 3.63) is 98.9 Å². The molecule has 0 saturated heterocycles. The molecule has 1 N–H and O–H groups in total. The van der Waals surface area contributed by atoms with Crippen LogP contribution in [-0.4, -0.2) is 30.6 Å². The summed E-state index contributed by atoms with van der Waals surface area (Å²) in [6.07, 6.45) is 0.947. The van der Waals surface area contributed by atoms with E-state index in [1.165, 1.54) is 12.1 Å². The van der Waals surface area contributed by atoms with E-state index in [4.69, 9.17) is 4.74 Å². The molecule has 0 aromatic heterocycles. The maximum absolute atomic E-state index is 13.0. The number of amides is 1. The fraction of sp³-hybridized carbons (Fsp3) is 0.192. The van der Waals surface area contributed by atoms with Gasteiger partial charge in [0.25, 0.3) is 5.91 Å². The Bertz CT molecular complexity index is 1110. The number of carbonyl (C=O) groups excluding carboxylic acids is 3. The lowest BCUT2D eigenvalue weighted by Crippen LogP contribution is -2.30. The van der Waals surface area contributed by atoms with Gasteiger partial charge in [-0.1, -0.05) is 36.4 Å². The Hall–Kier alpha value is -3.07. The summed E-state index contributed by atoms with van der Waals surface area (Å²) in [5, 5.41) is 2.60. The van der Waals surface area contributed by atoms with E-state index in [0.717, 1.165) is 14.7 Å². The number of benzene rings is 3. The molecule has 7 heteroatoms. The van der Waals surface area contributed by atoms with E-state index in [0.29, 0.717) is 6.42 Å². The first kappa shape index (κ1) is 24.6. The molecule has 0 atom stereocenters. The first-order valence-electron chi connectivity index (χ1n) is 10.4. The van der Waals surface area contributed by atoms with Crippen LogP contribution in [0.2, 0.25) is 0 Å². The number of carbonyl (C=O) groups is 3. The van der Waals surface area contributed by atoms with Crippen molar-refractivity contribution in [1.82, 2.24) is 5.32 Å². The fourth-order valence-corrected chi connectivity index (χ4v) is 3.48. The smallest absolute Gasteiger partial charge is 0.255 e. The molecule has 0 aliphatic rings. The van der Waals surface area contributed by atoms with E-state index in [1.54, 1.807) is 36.4 Å². The second-order valence-corrected chi connectivity index (χ2v) is 8.72. The predicted molar refractivity (Wildman–Crippen MR) is 132 cm³/mol. The molecule has 0 heterocycles. The Morgan fingerprint density at radius 2 is 1.52 bits per heavy atom. The molecule has 0 aliphatic carbocycles. The summed E-state index contributed by atoms with van der Waals surface area (Å²) in [5.41, 5.74) is 2.00. The number of ether oxygens (including phenoxy) is 1. The van der Waals surface area contributed by atoms with E-state index in [9.17, 15) is 18.8 Å². The van der Waals surface area contributed by atoms with Crippen LogP contribution in [0.3, 0.4) is 0 Å². The van der Waals surface area contributed by atoms with Crippen molar-refractivity contribution < 1.29 is 23.5 Å². The van der Waals surface area contributed by atoms with Gasteiger partial charge in [0.2, 0.25) is 0 Å². The Morgan fingerprint density at radius 3 is 2.24 bits per heavy atom. The maximum Gasteiger partial charge on any atom is 0.255 e. The second-order valence-electron chi connectivity index (χ2n) is 7.47. The van der Waals surface area contributed by atoms with Crippen LogP contribution in [0.1, 0.15) is 27.9 Å². The Balaban J connectivity index is 1.48. The van der Waals surface area contributed by atoms with Gasteiger partial charge in [0.05, 0.1) is 12.1 Å². The molecular weight excluding hydrogens is 536 g/mol. The zero-order valence-electron chi connectivity index (χ0n) is 17.9. The molecule has 3 aromatic carbocycles. The Kier molecular flexibility index (Phi) is 9.12. The zero-order chi connectivity index (χ0) is 23.6. The van der Waals surface area contributed by atoms with Gasteiger partial charge in [0.15, 0.2) is 11.6 Å². The van der Waals surface area contributed by atoms with Gasteiger partial charge in [0, 0.05) is 16.4 Å². The predicted octanol–water partition coefficient (Wildman–Crippen LogP) is 4.55. The lowest BCUT2D eigenvalue weighted by molar-refractivity contribution is -0.120. The van der Waals surface area contributed by atoms with Crippen molar-refractivity contribution in [1.29, 1.82) is 0 Å². The third kappa shape index (κ3) is 8.09. The van der Waals surface area contributed by atoms with Crippen molar-refractivity contribution in [3.8, 4) is 5.75 Å². The molecule has 170 valence electrons. The molecule has 3 aromatic rings. The average molecular weight is 559 g/mol. The number of hydrogen-bond acceptors (Lipinski definition) is 4. The number of halogens is 2. The molecule has 0 spiro atoms. The molecule has 0 unspecified atom stereocenters. The third-order valence-corrected chi connectivity index (χ3v) is 5.61. The topological polar surface area (TPSA) is 72.5 Å². The number of aryl methyl sites for hydroxylation is 1. The first-order chi connectivity index (χ1) is 15.9. The highest BCUT2D eigenvalue weighted by molar-refractivity contribution is 14.1. The van der Waals surface area contributed by atoms with Crippen LogP contribution >= 0.6 is 22.6 Å². The van der Waals surface area contributed by atoms with Gasteiger partial charge in [-0.15, -0.1) is 0 Å². The standard InChI is InChI=1S/C26H23FINO4/c27-20-10-5-18(6-11-20)9-14-22(30)16-29-26(32)24-3-1-2-4-25(24)33-17-23(31)15-19-7-12-21(28)13-8-19/h1-8,10-13H,9,14-17H2,(H,29,32). The highest BCUT2D eigenvalue weighted by Gasteiger charge is 2.15. The highest BCUT2D eigenvalue weighted by atomic mass is 127. The van der Waals surface area contributed by atoms with Gasteiger partial charge >= 0.3 is 0 Å². The van der Waals surface area contributed by atoms with Crippen LogP contribution in [0, 0.1) is 9.39 Å². The van der Waals surface area contributed by atoms with Crippen molar-refractivity contribution >= 4 is 40.1 Å². The number of nitrogens with one attached hydrogen (secondary N) is 1. The van der Waals surface area contributed by atoms with Gasteiger partial charge < -0.3 is 10.1 Å². The van der Waals surface area contributed by atoms with Crippen LogP contribution in [0.15, 0.2) is 72.8 Å². The largest absolute Gasteiger partial charge is 0.485 e. The molecule has 5 nitrogen and oxygen atoms in total. The molecule has 33 heavy (non-hydrogen) atoms. The number of ketones is 2. The minimum Gasteiger partial charge on any atom is -0.485 e. The summed E-state index contributed by atoms with van der Waals surface area (Å²) in [4.78, 5) is 37.0. The first-order valence-corrected chi connectivity index (χ1v) is 11.5. The lowest BCUT2D eigenvalue weighted by Gasteiger charge is -2.11. The van der Waals surface area contributed by atoms with Crippen molar-refractivity contribution in [2.75, 3.05) is 13.2 Å². The molecule has 1 amide bonds. The van der Waals surface area contributed by atoms with Gasteiger partial charge in [-0.05, 0) is 76.5 Å². The quantitative estimate of drug-likeness (QED) is 0.350. The molecule has 0 aliphatic heterocycles. The van der Waals surface area contributed by atoms with Crippen LogP contribution in [0.4, 0.5) is 4.39 Å². The third-order valence-electron chi connectivity index (χ3n) is 4.89. The van der Waals surface area contributed by atoms with E-state index in [-0.39, 0.29) is 54.7 Å². The normalized spacial score (nSPS) is 10.5. The average Bonchev–Trinajstić information content (AvgIpc) is 2.82.